The number of methoxy groups -OCH3 is 1. The monoisotopic (exact) mass is 294 g/mol. The highest BCUT2D eigenvalue weighted by atomic mass is 32.2. The molecule has 1 aromatic rings. The summed E-state index contributed by atoms with van der Waals surface area (Å²) in [7, 11) is -1.90. The Balaban J connectivity index is 2.41. The number of hydrogen-bond donors (Lipinski definition) is 2. The highest BCUT2D eigenvalue weighted by Gasteiger charge is 2.18. The summed E-state index contributed by atoms with van der Waals surface area (Å²) in [5, 5.41) is 1.71. The van der Waals surface area contributed by atoms with E-state index >= 15 is 0 Å². The number of nitrogens with one attached hydrogen (secondary N) is 1. The van der Waals surface area contributed by atoms with Crippen LogP contribution in [0.15, 0.2) is 16.3 Å². The van der Waals surface area contributed by atoms with Crippen molar-refractivity contribution in [1.82, 2.24) is 4.72 Å². The predicted molar refractivity (Wildman–Crippen MR) is 70.1 cm³/mol. The van der Waals surface area contributed by atoms with Crippen LogP contribution in [0.5, 0.6) is 0 Å². The van der Waals surface area contributed by atoms with E-state index in [2.05, 4.69) is 4.72 Å². The Morgan fingerprint density at radius 2 is 2.17 bits per heavy atom. The molecule has 6 nitrogen and oxygen atoms in total. The third-order valence-electron chi connectivity index (χ3n) is 2.15. The van der Waals surface area contributed by atoms with Gasteiger partial charge in [0.25, 0.3) is 0 Å². The molecular weight excluding hydrogens is 276 g/mol. The average molecular weight is 294 g/mol. The van der Waals surface area contributed by atoms with Gasteiger partial charge in [0.2, 0.25) is 10.0 Å². The summed E-state index contributed by atoms with van der Waals surface area (Å²) < 4.78 is 36.3. The molecule has 0 fully saturated rings. The standard InChI is InChI=1S/C10H18N2O4S2/c1-15-5-6-16-4-3-12-18(13,14)10-2-7-17-9(10)8-11/h2,7,12H,3-6,8,11H2,1H3. The number of nitrogens with two attached hydrogens (primary N) is 1. The fraction of sp³-hybridized carbons (Fsp3) is 0.600. The molecule has 0 aliphatic rings. The van der Waals surface area contributed by atoms with Crippen molar-refractivity contribution in [3.05, 3.63) is 16.3 Å². The van der Waals surface area contributed by atoms with Gasteiger partial charge in [0.15, 0.2) is 0 Å². The molecule has 1 heterocycles. The predicted octanol–water partition coefficient (Wildman–Crippen LogP) is 0.148. The van der Waals surface area contributed by atoms with Gasteiger partial charge in [-0.25, -0.2) is 13.1 Å². The van der Waals surface area contributed by atoms with Gasteiger partial charge in [-0.15, -0.1) is 11.3 Å². The van der Waals surface area contributed by atoms with Gasteiger partial charge < -0.3 is 15.2 Å². The highest BCUT2D eigenvalue weighted by Crippen LogP contribution is 2.20. The molecule has 0 aromatic carbocycles. The summed E-state index contributed by atoms with van der Waals surface area (Å²) in [4.78, 5) is 0.912. The third-order valence-corrected chi connectivity index (χ3v) is 4.77. The molecule has 18 heavy (non-hydrogen) atoms. The maximum atomic E-state index is 11.9. The maximum absolute atomic E-state index is 11.9. The molecule has 0 aliphatic heterocycles. The van der Waals surface area contributed by atoms with E-state index in [1.54, 1.807) is 18.6 Å². The van der Waals surface area contributed by atoms with Gasteiger partial charge in [-0.2, -0.15) is 0 Å². The molecule has 0 bridgehead atoms. The number of sulfonamides is 1. The van der Waals surface area contributed by atoms with Crippen molar-refractivity contribution in [2.24, 2.45) is 5.73 Å². The van der Waals surface area contributed by atoms with Crippen molar-refractivity contribution in [2.75, 3.05) is 33.5 Å². The van der Waals surface area contributed by atoms with Crippen LogP contribution in [-0.2, 0) is 26.0 Å². The van der Waals surface area contributed by atoms with E-state index in [0.717, 1.165) is 0 Å². The molecule has 0 saturated heterocycles. The van der Waals surface area contributed by atoms with E-state index in [1.165, 1.54) is 11.3 Å². The molecule has 0 atom stereocenters. The van der Waals surface area contributed by atoms with Gasteiger partial charge in [-0.05, 0) is 11.4 Å². The van der Waals surface area contributed by atoms with Crippen molar-refractivity contribution >= 4 is 21.4 Å². The third kappa shape index (κ3) is 4.63. The van der Waals surface area contributed by atoms with E-state index < -0.39 is 10.0 Å². The van der Waals surface area contributed by atoms with Crippen LogP contribution in [0.1, 0.15) is 4.88 Å². The molecule has 0 amide bonds. The van der Waals surface area contributed by atoms with Crippen molar-refractivity contribution < 1.29 is 17.9 Å². The quantitative estimate of drug-likeness (QED) is 0.633. The molecule has 0 saturated carbocycles. The van der Waals surface area contributed by atoms with Crippen LogP contribution >= 0.6 is 11.3 Å². The molecule has 3 N–H and O–H groups in total. The number of thiophene rings is 1. The van der Waals surface area contributed by atoms with E-state index in [-0.39, 0.29) is 18.0 Å². The van der Waals surface area contributed by atoms with Gasteiger partial charge in [-0.3, -0.25) is 0 Å². The summed E-state index contributed by atoms with van der Waals surface area (Å²) in [6.45, 7) is 1.70. The topological polar surface area (TPSA) is 90.6 Å². The van der Waals surface area contributed by atoms with Crippen LogP contribution in [0.25, 0.3) is 0 Å². The van der Waals surface area contributed by atoms with Gasteiger partial charge in [0.1, 0.15) is 0 Å². The van der Waals surface area contributed by atoms with Crippen LogP contribution < -0.4 is 10.5 Å². The fourth-order valence-electron chi connectivity index (χ4n) is 1.29. The Bertz CT molecular complexity index is 444. The minimum absolute atomic E-state index is 0.220. The highest BCUT2D eigenvalue weighted by molar-refractivity contribution is 7.89. The van der Waals surface area contributed by atoms with E-state index in [1.807, 2.05) is 0 Å². The Morgan fingerprint density at radius 3 is 2.83 bits per heavy atom. The molecule has 0 spiro atoms. The Kier molecular flexibility index (Phi) is 6.76. The molecular formula is C10H18N2O4S2. The van der Waals surface area contributed by atoms with Crippen LogP contribution in [0, 0.1) is 0 Å². The molecule has 1 aromatic heterocycles. The SMILES string of the molecule is COCCOCCNS(=O)(=O)c1ccsc1CN. The number of rotatable bonds is 9. The molecule has 0 radical (unpaired) electrons. The smallest absolute Gasteiger partial charge is 0.241 e. The minimum Gasteiger partial charge on any atom is -0.382 e. The van der Waals surface area contributed by atoms with Crippen molar-refractivity contribution in [1.29, 1.82) is 0 Å². The normalized spacial score (nSPS) is 11.9. The lowest BCUT2D eigenvalue weighted by Gasteiger charge is -2.07. The molecule has 0 aliphatic carbocycles. The van der Waals surface area contributed by atoms with Crippen LogP contribution in [0.3, 0.4) is 0 Å². The van der Waals surface area contributed by atoms with E-state index in [9.17, 15) is 8.42 Å². The summed E-state index contributed by atoms with van der Waals surface area (Å²) in [5.74, 6) is 0. The van der Waals surface area contributed by atoms with Gasteiger partial charge in [0, 0.05) is 25.1 Å². The maximum Gasteiger partial charge on any atom is 0.241 e. The lowest BCUT2D eigenvalue weighted by atomic mass is 10.5. The van der Waals surface area contributed by atoms with Gasteiger partial charge in [0.05, 0.1) is 24.7 Å². The summed E-state index contributed by atoms with van der Waals surface area (Å²) >= 11 is 1.33. The zero-order chi connectivity index (χ0) is 13.4. The van der Waals surface area contributed by atoms with Crippen molar-refractivity contribution in [3.8, 4) is 0 Å². The Morgan fingerprint density at radius 1 is 1.39 bits per heavy atom. The summed E-state index contributed by atoms with van der Waals surface area (Å²) in [6, 6.07) is 1.56. The van der Waals surface area contributed by atoms with Crippen LogP contribution in [0.4, 0.5) is 0 Å². The zero-order valence-corrected chi connectivity index (χ0v) is 11.9. The average Bonchev–Trinajstić information content (AvgIpc) is 2.82. The summed E-state index contributed by atoms with van der Waals surface area (Å²) in [5.41, 5.74) is 5.48. The second-order valence-corrected chi connectivity index (χ2v) is 6.15. The minimum atomic E-state index is -3.48. The first-order valence-corrected chi connectivity index (χ1v) is 7.81. The largest absolute Gasteiger partial charge is 0.382 e. The first-order chi connectivity index (χ1) is 8.61. The van der Waals surface area contributed by atoms with E-state index in [4.69, 9.17) is 15.2 Å². The lowest BCUT2D eigenvalue weighted by molar-refractivity contribution is 0.0736. The van der Waals surface area contributed by atoms with Crippen LogP contribution in [0.2, 0.25) is 0 Å². The van der Waals surface area contributed by atoms with Crippen LogP contribution in [-0.4, -0.2) is 41.9 Å². The Labute approximate surface area is 111 Å². The fourth-order valence-corrected chi connectivity index (χ4v) is 3.63. The van der Waals surface area contributed by atoms with E-state index in [0.29, 0.717) is 24.7 Å². The molecule has 104 valence electrons. The number of ether oxygens (including phenoxy) is 2. The first kappa shape index (κ1) is 15.5. The second kappa shape index (κ2) is 7.82. The lowest BCUT2D eigenvalue weighted by Crippen LogP contribution is -2.28. The summed E-state index contributed by atoms with van der Waals surface area (Å²) in [6.07, 6.45) is 0. The zero-order valence-electron chi connectivity index (χ0n) is 10.2. The first-order valence-electron chi connectivity index (χ1n) is 5.44. The Hall–Kier alpha value is -0.510. The molecule has 1 rings (SSSR count). The molecule has 0 unspecified atom stereocenters. The number of hydrogen-bond acceptors (Lipinski definition) is 6. The van der Waals surface area contributed by atoms with Gasteiger partial charge >= 0.3 is 0 Å². The van der Waals surface area contributed by atoms with Crippen molar-refractivity contribution in [3.63, 3.8) is 0 Å². The van der Waals surface area contributed by atoms with Gasteiger partial charge in [-0.1, -0.05) is 0 Å². The second-order valence-electron chi connectivity index (χ2n) is 3.42. The molecule has 8 heteroatoms. The van der Waals surface area contributed by atoms with Crippen molar-refractivity contribution in [2.45, 2.75) is 11.4 Å².